The van der Waals surface area contributed by atoms with Crippen molar-refractivity contribution in [1.82, 2.24) is 4.90 Å². The van der Waals surface area contributed by atoms with Crippen LogP contribution in [0.2, 0.25) is 0 Å². The lowest BCUT2D eigenvalue weighted by Gasteiger charge is -2.42. The van der Waals surface area contributed by atoms with E-state index in [1.165, 1.54) is 0 Å². The van der Waals surface area contributed by atoms with E-state index in [0.717, 1.165) is 6.42 Å². The highest BCUT2D eigenvalue weighted by Crippen LogP contribution is 2.23. The minimum Gasteiger partial charge on any atom is -0.444 e. The number of hydrogen-bond acceptors (Lipinski definition) is 3. The average Bonchev–Trinajstić information content (AvgIpc) is 1.75. The van der Waals surface area contributed by atoms with Gasteiger partial charge in [-0.2, -0.15) is 0 Å². The quantitative estimate of drug-likeness (QED) is 0.697. The average molecular weight is 201 g/mol. The first-order chi connectivity index (χ1) is 6.31. The molecule has 1 aliphatic heterocycles. The molecule has 1 amide bonds. The predicted molar refractivity (Wildman–Crippen MR) is 53.0 cm³/mol. The van der Waals surface area contributed by atoms with E-state index in [1.807, 2.05) is 20.8 Å². The van der Waals surface area contributed by atoms with Gasteiger partial charge in [0.1, 0.15) is 5.60 Å². The Morgan fingerprint density at radius 3 is 2.43 bits per heavy atom. The summed E-state index contributed by atoms with van der Waals surface area (Å²) in [7, 11) is 0. The van der Waals surface area contributed by atoms with Gasteiger partial charge in [0, 0.05) is 6.54 Å². The van der Waals surface area contributed by atoms with Crippen LogP contribution in [-0.2, 0) is 4.74 Å². The number of nitrogens with zero attached hydrogens (tertiary/aromatic N) is 1. The molecule has 14 heavy (non-hydrogen) atoms. The maximum Gasteiger partial charge on any atom is 0.410 e. The highest BCUT2D eigenvalue weighted by molar-refractivity contribution is 5.69. The van der Waals surface area contributed by atoms with E-state index in [1.54, 1.807) is 11.8 Å². The van der Waals surface area contributed by atoms with E-state index in [-0.39, 0.29) is 12.1 Å². The molecule has 2 atom stereocenters. The smallest absolute Gasteiger partial charge is 0.410 e. The van der Waals surface area contributed by atoms with Gasteiger partial charge < -0.3 is 14.7 Å². The molecule has 4 nitrogen and oxygen atoms in total. The Kier molecular flexibility index (Phi) is 3.04. The Bertz CT molecular complexity index is 220. The summed E-state index contributed by atoms with van der Waals surface area (Å²) in [6.07, 6.45) is 0.0580. The third-order valence-corrected chi connectivity index (χ3v) is 2.25. The van der Waals surface area contributed by atoms with Gasteiger partial charge in [-0.25, -0.2) is 4.79 Å². The van der Waals surface area contributed by atoms with Gasteiger partial charge >= 0.3 is 6.09 Å². The fourth-order valence-electron chi connectivity index (χ4n) is 1.46. The molecule has 1 aliphatic rings. The van der Waals surface area contributed by atoms with Crippen molar-refractivity contribution in [2.45, 2.75) is 51.9 Å². The topological polar surface area (TPSA) is 49.8 Å². The molecule has 0 unspecified atom stereocenters. The zero-order valence-electron chi connectivity index (χ0n) is 9.28. The summed E-state index contributed by atoms with van der Waals surface area (Å²) in [4.78, 5) is 13.1. The molecule has 4 heteroatoms. The molecule has 0 aromatic rings. The van der Waals surface area contributed by atoms with Gasteiger partial charge in [0.05, 0.1) is 12.1 Å². The number of aliphatic hydroxyl groups excluding tert-OH is 1. The Hall–Kier alpha value is -0.770. The summed E-state index contributed by atoms with van der Waals surface area (Å²) in [6, 6.07) is -0.0650. The maximum absolute atomic E-state index is 11.5. The third kappa shape index (κ3) is 2.61. The summed E-state index contributed by atoms with van der Waals surface area (Å²) in [6.45, 7) is 7.89. The van der Waals surface area contributed by atoms with E-state index in [9.17, 15) is 9.90 Å². The van der Waals surface area contributed by atoms with E-state index < -0.39 is 11.7 Å². The molecule has 0 aromatic heterocycles. The highest BCUT2D eigenvalue weighted by Gasteiger charge is 2.37. The molecule has 0 spiro atoms. The predicted octanol–water partition coefficient (Wildman–Crippen LogP) is 1.38. The molecule has 82 valence electrons. The second-order valence-electron chi connectivity index (χ2n) is 4.77. The largest absolute Gasteiger partial charge is 0.444 e. The van der Waals surface area contributed by atoms with Gasteiger partial charge in [0.15, 0.2) is 0 Å². The van der Waals surface area contributed by atoms with Crippen molar-refractivity contribution in [2.75, 3.05) is 6.54 Å². The van der Waals surface area contributed by atoms with Crippen molar-refractivity contribution >= 4 is 6.09 Å². The van der Waals surface area contributed by atoms with Crippen LogP contribution < -0.4 is 0 Å². The minimum atomic E-state index is -0.476. The Labute approximate surface area is 84.8 Å². The van der Waals surface area contributed by atoms with Crippen LogP contribution in [0.5, 0.6) is 0 Å². The van der Waals surface area contributed by atoms with Crippen LogP contribution in [-0.4, -0.2) is 40.4 Å². The van der Waals surface area contributed by atoms with Crippen LogP contribution in [0.4, 0.5) is 4.79 Å². The fraction of sp³-hybridized carbons (Fsp3) is 0.900. The van der Waals surface area contributed by atoms with E-state index in [2.05, 4.69) is 0 Å². The molecule has 1 heterocycles. The molecule has 0 saturated carbocycles. The van der Waals surface area contributed by atoms with Crippen LogP contribution >= 0.6 is 0 Å². The van der Waals surface area contributed by atoms with E-state index in [0.29, 0.717) is 6.54 Å². The summed E-state index contributed by atoms with van der Waals surface area (Å²) in [5, 5.41) is 9.34. The van der Waals surface area contributed by atoms with Crippen LogP contribution in [0.25, 0.3) is 0 Å². The van der Waals surface area contributed by atoms with Gasteiger partial charge in [-0.15, -0.1) is 0 Å². The zero-order chi connectivity index (χ0) is 10.9. The summed E-state index contributed by atoms with van der Waals surface area (Å²) < 4.78 is 5.20. The monoisotopic (exact) mass is 201 g/mol. The summed E-state index contributed by atoms with van der Waals surface area (Å²) in [5.41, 5.74) is -0.462. The Morgan fingerprint density at radius 1 is 1.57 bits per heavy atom. The fourth-order valence-corrected chi connectivity index (χ4v) is 1.46. The first-order valence-corrected chi connectivity index (χ1v) is 4.99. The number of rotatable bonds is 1. The molecule has 1 saturated heterocycles. The Morgan fingerprint density at radius 2 is 2.14 bits per heavy atom. The van der Waals surface area contributed by atoms with Crippen molar-refractivity contribution < 1.29 is 14.6 Å². The molecule has 0 aromatic carbocycles. The lowest BCUT2D eigenvalue weighted by molar-refractivity contribution is -0.0355. The van der Waals surface area contributed by atoms with Crippen molar-refractivity contribution in [3.8, 4) is 0 Å². The molecule has 0 bridgehead atoms. The number of likely N-dealkylation sites (tertiary alicyclic amines) is 1. The van der Waals surface area contributed by atoms with Crippen LogP contribution in [0.3, 0.4) is 0 Å². The highest BCUT2D eigenvalue weighted by atomic mass is 16.6. The van der Waals surface area contributed by atoms with Gasteiger partial charge in [0.25, 0.3) is 0 Å². The Balaban J connectivity index is 2.46. The minimum absolute atomic E-state index is 0.0650. The second-order valence-corrected chi connectivity index (χ2v) is 4.77. The van der Waals surface area contributed by atoms with E-state index >= 15 is 0 Å². The van der Waals surface area contributed by atoms with Crippen LogP contribution in [0, 0.1) is 0 Å². The molecule has 1 N–H and O–H groups in total. The molecule has 0 radical (unpaired) electrons. The SMILES string of the molecule is C[C@H](O)[C@@H]1CCN1C(=O)OC(C)(C)C. The summed E-state index contributed by atoms with van der Waals surface area (Å²) >= 11 is 0. The van der Waals surface area contributed by atoms with Crippen molar-refractivity contribution in [3.05, 3.63) is 0 Å². The first kappa shape index (κ1) is 11.3. The third-order valence-electron chi connectivity index (χ3n) is 2.25. The van der Waals surface area contributed by atoms with Crippen molar-refractivity contribution in [2.24, 2.45) is 0 Å². The summed E-state index contributed by atoms with van der Waals surface area (Å²) in [5.74, 6) is 0. The zero-order valence-corrected chi connectivity index (χ0v) is 9.28. The van der Waals surface area contributed by atoms with Crippen molar-refractivity contribution in [1.29, 1.82) is 0 Å². The van der Waals surface area contributed by atoms with Crippen LogP contribution in [0.1, 0.15) is 34.1 Å². The van der Waals surface area contributed by atoms with Gasteiger partial charge in [-0.05, 0) is 34.1 Å². The normalized spacial score (nSPS) is 24.1. The van der Waals surface area contributed by atoms with Crippen LogP contribution in [0.15, 0.2) is 0 Å². The number of aliphatic hydroxyl groups is 1. The van der Waals surface area contributed by atoms with E-state index in [4.69, 9.17) is 4.74 Å². The number of hydrogen-bond donors (Lipinski definition) is 1. The standard InChI is InChI=1S/C10H19NO3/c1-7(12)8-5-6-11(8)9(13)14-10(2,3)4/h7-8,12H,5-6H2,1-4H3/t7-,8-/m0/s1. The van der Waals surface area contributed by atoms with Crippen molar-refractivity contribution in [3.63, 3.8) is 0 Å². The number of amides is 1. The molecular formula is C10H19NO3. The molecule has 1 fully saturated rings. The number of carbonyl (C=O) groups is 1. The number of ether oxygens (including phenoxy) is 1. The van der Waals surface area contributed by atoms with Gasteiger partial charge in [-0.3, -0.25) is 0 Å². The van der Waals surface area contributed by atoms with Gasteiger partial charge in [0.2, 0.25) is 0 Å². The number of carbonyl (C=O) groups excluding carboxylic acids is 1. The van der Waals surface area contributed by atoms with Gasteiger partial charge in [-0.1, -0.05) is 0 Å². The molecule has 0 aliphatic carbocycles. The second kappa shape index (κ2) is 3.77. The molecule has 1 rings (SSSR count). The lowest BCUT2D eigenvalue weighted by atomic mass is 9.99. The molecular weight excluding hydrogens is 182 g/mol. The maximum atomic E-state index is 11.5. The first-order valence-electron chi connectivity index (χ1n) is 4.99. The lowest BCUT2D eigenvalue weighted by Crippen LogP contribution is -2.57.